The minimum atomic E-state index is -0.722. The summed E-state index contributed by atoms with van der Waals surface area (Å²) in [7, 11) is 5.87. The number of amides is 1. The van der Waals surface area contributed by atoms with E-state index in [-0.39, 0.29) is 5.91 Å². The lowest BCUT2D eigenvalue weighted by molar-refractivity contribution is 0.00303. The number of hydrogen-bond donors (Lipinski definition) is 2. The fourth-order valence-corrected chi connectivity index (χ4v) is 3.59. The Balaban J connectivity index is 1.69. The molecule has 0 aromatic carbocycles. The van der Waals surface area contributed by atoms with E-state index in [1.165, 1.54) is 0 Å². The van der Waals surface area contributed by atoms with Crippen LogP contribution in [0.15, 0.2) is 24.4 Å². The van der Waals surface area contributed by atoms with Crippen LogP contribution in [0.5, 0.6) is 0 Å². The van der Waals surface area contributed by atoms with E-state index in [2.05, 4.69) is 10.2 Å². The number of hydrogen-bond acceptors (Lipinski definition) is 4. The number of carbonyl (C=O) groups is 1. The third-order valence-corrected chi connectivity index (χ3v) is 4.83. The van der Waals surface area contributed by atoms with Gasteiger partial charge in [0.2, 0.25) is 0 Å². The minimum Gasteiger partial charge on any atom is -0.388 e. The van der Waals surface area contributed by atoms with E-state index >= 15 is 0 Å². The largest absolute Gasteiger partial charge is 0.388 e. The Hall–Kier alpha value is -2.12. The second-order valence-corrected chi connectivity index (χ2v) is 7.28. The summed E-state index contributed by atoms with van der Waals surface area (Å²) >= 11 is 0. The highest BCUT2D eigenvalue weighted by molar-refractivity contribution is 5.93. The van der Waals surface area contributed by atoms with E-state index in [1.807, 2.05) is 53.8 Å². The summed E-state index contributed by atoms with van der Waals surface area (Å²) < 4.78 is 1.97. The van der Waals surface area contributed by atoms with Crippen LogP contribution in [-0.4, -0.2) is 74.9 Å². The maximum absolute atomic E-state index is 12.8. The van der Waals surface area contributed by atoms with Crippen LogP contribution in [0.25, 0.3) is 11.4 Å². The van der Waals surface area contributed by atoms with Gasteiger partial charge in [-0.1, -0.05) is 0 Å². The fraction of sp³-hybridized carbons (Fsp3) is 0.556. The zero-order valence-corrected chi connectivity index (χ0v) is 15.2. The van der Waals surface area contributed by atoms with Gasteiger partial charge in [-0.2, -0.15) is 5.10 Å². The first-order valence-electron chi connectivity index (χ1n) is 8.71. The molecule has 0 unspecified atom stereocenters. The normalized spacial score (nSPS) is 21.6. The average molecular weight is 345 g/mol. The lowest BCUT2D eigenvalue weighted by Gasteiger charge is -2.29. The number of aryl methyl sites for hydroxylation is 1. The summed E-state index contributed by atoms with van der Waals surface area (Å²) in [6, 6.07) is 5.72. The lowest BCUT2D eigenvalue weighted by Crippen LogP contribution is -2.41. The Morgan fingerprint density at radius 2 is 2.20 bits per heavy atom. The molecule has 1 fully saturated rings. The fourth-order valence-electron chi connectivity index (χ4n) is 3.59. The molecule has 1 aliphatic heterocycles. The topological polar surface area (TPSA) is 77.4 Å². The SMILES string of the molecule is CN(C)C[C@@]1(O)CCCN(C(=O)c2cc(-c3cccn3C)n[nH]2)CC1. The average Bonchev–Trinajstić information content (AvgIpc) is 3.13. The van der Waals surface area contributed by atoms with Crippen LogP contribution in [-0.2, 0) is 7.05 Å². The molecule has 1 aliphatic rings. The smallest absolute Gasteiger partial charge is 0.271 e. The Labute approximate surface area is 148 Å². The van der Waals surface area contributed by atoms with Crippen LogP contribution >= 0.6 is 0 Å². The zero-order valence-electron chi connectivity index (χ0n) is 15.2. The monoisotopic (exact) mass is 345 g/mol. The molecule has 0 bridgehead atoms. The maximum atomic E-state index is 12.8. The third-order valence-electron chi connectivity index (χ3n) is 4.83. The first-order valence-corrected chi connectivity index (χ1v) is 8.71. The molecule has 0 spiro atoms. The summed E-state index contributed by atoms with van der Waals surface area (Å²) in [4.78, 5) is 16.6. The van der Waals surface area contributed by atoms with E-state index in [9.17, 15) is 9.90 Å². The van der Waals surface area contributed by atoms with Crippen LogP contribution in [0, 0.1) is 0 Å². The standard InChI is InChI=1S/C18H27N5O2/c1-21(2)13-18(25)7-5-10-23(11-8-18)17(24)15-12-14(19-20-15)16-6-4-9-22(16)3/h4,6,9,12,25H,5,7-8,10-11,13H2,1-3H3,(H,19,20)/t18-/m1/s1. The summed E-state index contributed by atoms with van der Waals surface area (Å²) in [5.74, 6) is -0.0536. The van der Waals surface area contributed by atoms with Crippen LogP contribution in [0.1, 0.15) is 29.8 Å². The Kier molecular flexibility index (Phi) is 4.96. The summed E-state index contributed by atoms with van der Waals surface area (Å²) in [5.41, 5.74) is 1.50. The molecule has 136 valence electrons. The molecule has 2 aromatic heterocycles. The molecular weight excluding hydrogens is 318 g/mol. The van der Waals surface area contributed by atoms with Gasteiger partial charge in [0, 0.05) is 32.9 Å². The summed E-state index contributed by atoms with van der Waals surface area (Å²) in [6.07, 6.45) is 4.06. The quantitative estimate of drug-likeness (QED) is 0.876. The number of H-pyrrole nitrogens is 1. The van der Waals surface area contributed by atoms with Crippen molar-refractivity contribution < 1.29 is 9.90 Å². The number of nitrogens with zero attached hydrogens (tertiary/aromatic N) is 4. The Morgan fingerprint density at radius 1 is 1.40 bits per heavy atom. The summed E-state index contributed by atoms with van der Waals surface area (Å²) in [6.45, 7) is 1.84. The van der Waals surface area contributed by atoms with Crippen LogP contribution in [0.3, 0.4) is 0 Å². The predicted octanol–water partition coefficient (Wildman–Crippen LogP) is 1.33. The molecule has 3 heterocycles. The van der Waals surface area contributed by atoms with Gasteiger partial charge in [0.05, 0.1) is 11.3 Å². The van der Waals surface area contributed by atoms with Gasteiger partial charge in [-0.15, -0.1) is 0 Å². The second kappa shape index (κ2) is 7.01. The van der Waals surface area contributed by atoms with Gasteiger partial charge in [-0.25, -0.2) is 0 Å². The van der Waals surface area contributed by atoms with Crippen molar-refractivity contribution in [1.82, 2.24) is 24.6 Å². The van der Waals surface area contributed by atoms with Gasteiger partial charge >= 0.3 is 0 Å². The lowest BCUT2D eigenvalue weighted by atomic mass is 9.94. The molecule has 2 N–H and O–H groups in total. The van der Waals surface area contributed by atoms with E-state index < -0.39 is 5.60 Å². The molecule has 25 heavy (non-hydrogen) atoms. The van der Waals surface area contributed by atoms with E-state index in [1.54, 1.807) is 6.07 Å². The van der Waals surface area contributed by atoms with Gasteiger partial charge in [0.1, 0.15) is 11.4 Å². The molecule has 7 nitrogen and oxygen atoms in total. The predicted molar refractivity (Wildman–Crippen MR) is 96.3 cm³/mol. The highest BCUT2D eigenvalue weighted by Crippen LogP contribution is 2.24. The highest BCUT2D eigenvalue weighted by atomic mass is 16.3. The highest BCUT2D eigenvalue weighted by Gasteiger charge is 2.32. The first-order chi connectivity index (χ1) is 11.9. The molecule has 7 heteroatoms. The van der Waals surface area contributed by atoms with Crippen molar-refractivity contribution in [2.45, 2.75) is 24.9 Å². The van der Waals surface area contributed by atoms with E-state index in [0.29, 0.717) is 38.2 Å². The van der Waals surface area contributed by atoms with Crippen molar-refractivity contribution in [2.24, 2.45) is 7.05 Å². The second-order valence-electron chi connectivity index (χ2n) is 7.28. The number of aliphatic hydroxyl groups is 1. The van der Waals surface area contributed by atoms with Gasteiger partial charge < -0.3 is 19.5 Å². The first kappa shape index (κ1) is 17.7. The Bertz CT molecular complexity index is 735. The number of likely N-dealkylation sites (N-methyl/N-ethyl adjacent to an activating group) is 1. The Morgan fingerprint density at radius 3 is 2.88 bits per heavy atom. The molecule has 0 saturated carbocycles. The van der Waals surface area contributed by atoms with Gasteiger partial charge in [-0.05, 0) is 51.6 Å². The molecule has 1 saturated heterocycles. The molecule has 2 aromatic rings. The number of carbonyl (C=O) groups excluding carboxylic acids is 1. The molecule has 0 aliphatic carbocycles. The number of likely N-dealkylation sites (tertiary alicyclic amines) is 1. The van der Waals surface area contributed by atoms with Crippen molar-refractivity contribution in [3.8, 4) is 11.4 Å². The number of rotatable bonds is 4. The van der Waals surface area contributed by atoms with Crippen LogP contribution < -0.4 is 0 Å². The van der Waals surface area contributed by atoms with E-state index in [4.69, 9.17) is 0 Å². The number of aromatic nitrogens is 3. The number of nitrogens with one attached hydrogen (secondary N) is 1. The van der Waals surface area contributed by atoms with Crippen LogP contribution in [0.4, 0.5) is 0 Å². The molecule has 1 amide bonds. The molecule has 3 rings (SSSR count). The minimum absolute atomic E-state index is 0.0536. The van der Waals surface area contributed by atoms with E-state index in [0.717, 1.165) is 17.8 Å². The van der Waals surface area contributed by atoms with Crippen molar-refractivity contribution in [1.29, 1.82) is 0 Å². The molecule has 0 radical (unpaired) electrons. The van der Waals surface area contributed by atoms with Gasteiger partial charge in [0.15, 0.2) is 0 Å². The zero-order chi connectivity index (χ0) is 18.0. The van der Waals surface area contributed by atoms with Crippen molar-refractivity contribution >= 4 is 5.91 Å². The molecule has 1 atom stereocenters. The van der Waals surface area contributed by atoms with Crippen molar-refractivity contribution in [2.75, 3.05) is 33.7 Å². The van der Waals surface area contributed by atoms with Crippen molar-refractivity contribution in [3.05, 3.63) is 30.1 Å². The van der Waals surface area contributed by atoms with Gasteiger partial charge in [-0.3, -0.25) is 9.89 Å². The number of aromatic amines is 1. The van der Waals surface area contributed by atoms with Crippen molar-refractivity contribution in [3.63, 3.8) is 0 Å². The summed E-state index contributed by atoms with van der Waals surface area (Å²) in [5, 5.41) is 17.9. The molecular formula is C18H27N5O2. The third kappa shape index (κ3) is 3.93. The van der Waals surface area contributed by atoms with Gasteiger partial charge in [0.25, 0.3) is 5.91 Å². The maximum Gasteiger partial charge on any atom is 0.271 e. The van der Waals surface area contributed by atoms with Crippen LogP contribution in [0.2, 0.25) is 0 Å².